The monoisotopic (exact) mass is 371 g/mol. The Bertz CT molecular complexity index is 575. The van der Waals surface area contributed by atoms with Gasteiger partial charge in [0.05, 0.1) is 0 Å². The summed E-state index contributed by atoms with van der Waals surface area (Å²) in [5, 5.41) is 0. The summed E-state index contributed by atoms with van der Waals surface area (Å²) in [6.07, 6.45) is 8.88. The van der Waals surface area contributed by atoms with Crippen LogP contribution in [0.5, 0.6) is 0 Å². The number of nitrogens with zero attached hydrogens (tertiary/aromatic N) is 1. The maximum Gasteiger partial charge on any atom is 0.0462 e. The molecule has 0 aliphatic carbocycles. The summed E-state index contributed by atoms with van der Waals surface area (Å²) >= 11 is 0. The molecule has 0 bridgehead atoms. The Labute approximate surface area is 168 Å². The van der Waals surface area contributed by atoms with Crippen molar-refractivity contribution in [2.45, 2.75) is 78.2 Å². The highest BCUT2D eigenvalue weighted by atomic mass is 16.5. The van der Waals surface area contributed by atoms with E-state index in [1.54, 1.807) is 0 Å². The molecule has 1 unspecified atom stereocenters. The first-order valence-electron chi connectivity index (χ1n) is 10.8. The topological polar surface area (TPSA) is 12.5 Å². The molecule has 0 saturated carbocycles. The van der Waals surface area contributed by atoms with E-state index in [4.69, 9.17) is 4.74 Å². The predicted molar refractivity (Wildman–Crippen MR) is 117 cm³/mol. The van der Waals surface area contributed by atoms with Crippen LogP contribution >= 0.6 is 0 Å². The van der Waals surface area contributed by atoms with Crippen LogP contribution < -0.4 is 0 Å². The highest BCUT2D eigenvalue weighted by Gasteiger charge is 2.30. The first-order valence-corrected chi connectivity index (χ1v) is 10.8. The fraction of sp³-hybridized carbons (Fsp3) is 0.680. The fourth-order valence-corrected chi connectivity index (χ4v) is 4.41. The lowest BCUT2D eigenvalue weighted by atomic mass is 9.77. The number of aryl methyl sites for hydroxylation is 1. The van der Waals surface area contributed by atoms with E-state index in [0.29, 0.717) is 6.04 Å². The smallest absolute Gasteiger partial charge is 0.0462 e. The second kappa shape index (κ2) is 10.4. The summed E-state index contributed by atoms with van der Waals surface area (Å²) in [7, 11) is 1.81. The number of likely N-dealkylation sites (tertiary alicyclic amines) is 1. The molecule has 0 N–H and O–H groups in total. The van der Waals surface area contributed by atoms with Crippen molar-refractivity contribution in [2.24, 2.45) is 5.92 Å². The van der Waals surface area contributed by atoms with Crippen LogP contribution in [-0.4, -0.2) is 37.7 Å². The minimum atomic E-state index is 0.180. The van der Waals surface area contributed by atoms with Gasteiger partial charge in [0.15, 0.2) is 0 Å². The van der Waals surface area contributed by atoms with E-state index in [1.807, 2.05) is 7.11 Å². The van der Waals surface area contributed by atoms with Gasteiger partial charge in [-0.25, -0.2) is 0 Å². The molecule has 1 heterocycles. The summed E-state index contributed by atoms with van der Waals surface area (Å²) in [6, 6.07) is 9.66. The molecule has 2 rings (SSSR count). The Morgan fingerprint density at radius 2 is 1.81 bits per heavy atom. The maximum atomic E-state index is 5.22. The van der Waals surface area contributed by atoms with Gasteiger partial charge >= 0.3 is 0 Å². The van der Waals surface area contributed by atoms with Crippen LogP contribution in [0.1, 0.15) is 70.9 Å². The average molecular weight is 372 g/mol. The SMILES string of the molecule is COCCCC1CCN(C(C=C(C)C)CC(C)(C)c2ccc(C)cc2)CC1. The summed E-state index contributed by atoms with van der Waals surface area (Å²) in [4.78, 5) is 2.73. The van der Waals surface area contributed by atoms with E-state index in [0.717, 1.165) is 12.5 Å². The van der Waals surface area contributed by atoms with Crippen LogP contribution in [0.15, 0.2) is 35.9 Å². The minimum Gasteiger partial charge on any atom is -0.385 e. The minimum absolute atomic E-state index is 0.180. The molecule has 0 spiro atoms. The van der Waals surface area contributed by atoms with E-state index >= 15 is 0 Å². The Kier molecular flexibility index (Phi) is 8.57. The van der Waals surface area contributed by atoms with Gasteiger partial charge in [-0.1, -0.05) is 55.3 Å². The Hall–Kier alpha value is -1.12. The Balaban J connectivity index is 2.01. The molecule has 2 nitrogen and oxygen atoms in total. The first kappa shape index (κ1) is 22.2. The van der Waals surface area contributed by atoms with Crippen LogP contribution in [0, 0.1) is 12.8 Å². The number of piperidine rings is 1. The summed E-state index contributed by atoms with van der Waals surface area (Å²) in [5.41, 5.74) is 4.40. The highest BCUT2D eigenvalue weighted by molar-refractivity contribution is 5.28. The van der Waals surface area contributed by atoms with Crippen molar-refractivity contribution in [1.82, 2.24) is 4.90 Å². The van der Waals surface area contributed by atoms with Crippen LogP contribution in [0.2, 0.25) is 0 Å². The van der Waals surface area contributed by atoms with Gasteiger partial charge in [-0.2, -0.15) is 0 Å². The number of methoxy groups -OCH3 is 1. The average Bonchev–Trinajstić information content (AvgIpc) is 2.62. The van der Waals surface area contributed by atoms with Gasteiger partial charge in [0.1, 0.15) is 0 Å². The van der Waals surface area contributed by atoms with Crippen LogP contribution in [-0.2, 0) is 10.2 Å². The lowest BCUT2D eigenvalue weighted by Gasteiger charge is -2.40. The summed E-state index contributed by atoms with van der Waals surface area (Å²) in [5.74, 6) is 0.883. The molecule has 1 aliphatic rings. The number of rotatable bonds is 9. The van der Waals surface area contributed by atoms with Crippen molar-refractivity contribution < 1.29 is 4.74 Å². The third-order valence-corrected chi connectivity index (χ3v) is 6.16. The lowest BCUT2D eigenvalue weighted by Crippen LogP contribution is -2.43. The van der Waals surface area contributed by atoms with E-state index in [2.05, 4.69) is 69.9 Å². The molecule has 1 fully saturated rings. The van der Waals surface area contributed by atoms with Gasteiger partial charge in [0.2, 0.25) is 0 Å². The van der Waals surface area contributed by atoms with Gasteiger partial charge in [0.25, 0.3) is 0 Å². The largest absolute Gasteiger partial charge is 0.385 e. The zero-order valence-corrected chi connectivity index (χ0v) is 18.6. The van der Waals surface area contributed by atoms with Crippen LogP contribution in [0.25, 0.3) is 0 Å². The lowest BCUT2D eigenvalue weighted by molar-refractivity contribution is 0.124. The number of benzene rings is 1. The molecule has 1 saturated heterocycles. The molecule has 2 heteroatoms. The van der Waals surface area contributed by atoms with Gasteiger partial charge in [0, 0.05) is 19.8 Å². The molecule has 0 amide bonds. The second-order valence-corrected chi connectivity index (χ2v) is 9.38. The highest BCUT2D eigenvalue weighted by Crippen LogP contribution is 2.33. The number of ether oxygens (including phenoxy) is 1. The van der Waals surface area contributed by atoms with E-state index in [1.165, 1.54) is 61.9 Å². The summed E-state index contributed by atoms with van der Waals surface area (Å²) < 4.78 is 5.22. The second-order valence-electron chi connectivity index (χ2n) is 9.38. The molecule has 0 aromatic heterocycles. The fourth-order valence-electron chi connectivity index (χ4n) is 4.41. The van der Waals surface area contributed by atoms with Crippen molar-refractivity contribution in [2.75, 3.05) is 26.8 Å². The van der Waals surface area contributed by atoms with Crippen molar-refractivity contribution in [3.63, 3.8) is 0 Å². The van der Waals surface area contributed by atoms with Gasteiger partial charge < -0.3 is 4.74 Å². The van der Waals surface area contributed by atoms with E-state index < -0.39 is 0 Å². The van der Waals surface area contributed by atoms with Crippen molar-refractivity contribution in [3.05, 3.63) is 47.0 Å². The zero-order valence-electron chi connectivity index (χ0n) is 18.6. The molecule has 152 valence electrons. The van der Waals surface area contributed by atoms with Crippen LogP contribution in [0.4, 0.5) is 0 Å². The Morgan fingerprint density at radius 3 is 2.37 bits per heavy atom. The molecular formula is C25H41NO. The third kappa shape index (κ3) is 7.08. The van der Waals surface area contributed by atoms with Crippen molar-refractivity contribution in [3.8, 4) is 0 Å². The summed E-state index contributed by atoms with van der Waals surface area (Å²) in [6.45, 7) is 14.8. The molecule has 1 atom stereocenters. The number of hydrogen-bond acceptors (Lipinski definition) is 2. The van der Waals surface area contributed by atoms with Gasteiger partial charge in [-0.3, -0.25) is 4.90 Å². The molecule has 27 heavy (non-hydrogen) atoms. The quantitative estimate of drug-likeness (QED) is 0.382. The number of hydrogen-bond donors (Lipinski definition) is 0. The first-order chi connectivity index (χ1) is 12.8. The van der Waals surface area contributed by atoms with Crippen molar-refractivity contribution >= 4 is 0 Å². The molecule has 0 radical (unpaired) electrons. The Morgan fingerprint density at radius 1 is 1.19 bits per heavy atom. The molecular weight excluding hydrogens is 330 g/mol. The van der Waals surface area contributed by atoms with Gasteiger partial charge in [-0.15, -0.1) is 0 Å². The standard InChI is InChI=1S/C25H41NO/c1-20(2)18-24(19-25(4,5)23-11-9-21(3)10-12-23)26-15-13-22(14-16-26)8-7-17-27-6/h9-12,18,22,24H,7-8,13-17,19H2,1-6H3. The van der Waals surface area contributed by atoms with Crippen LogP contribution in [0.3, 0.4) is 0 Å². The molecule has 1 aromatic rings. The molecule has 1 aliphatic heterocycles. The predicted octanol–water partition coefficient (Wildman–Crippen LogP) is 6.14. The van der Waals surface area contributed by atoms with Crippen molar-refractivity contribution in [1.29, 1.82) is 0 Å². The van der Waals surface area contributed by atoms with Gasteiger partial charge in [-0.05, 0) is 82.9 Å². The zero-order chi connectivity index (χ0) is 19.9. The number of allylic oxidation sites excluding steroid dienone is 1. The normalized spacial score (nSPS) is 17.7. The third-order valence-electron chi connectivity index (χ3n) is 6.16. The van der Waals surface area contributed by atoms with E-state index in [-0.39, 0.29) is 5.41 Å². The van der Waals surface area contributed by atoms with E-state index in [9.17, 15) is 0 Å². The molecule has 1 aromatic carbocycles. The maximum absolute atomic E-state index is 5.22.